The summed E-state index contributed by atoms with van der Waals surface area (Å²) in [5.41, 5.74) is 1.82. The number of rotatable bonds is 5. The minimum absolute atomic E-state index is 0.149. The average molecular weight is 359 g/mol. The molecule has 3 aromatic rings. The van der Waals surface area contributed by atoms with Crippen molar-refractivity contribution < 1.29 is 13.6 Å². The highest BCUT2D eigenvalue weighted by atomic mass is 32.1. The number of pyridine rings is 1. The molecule has 3 rings (SSSR count). The van der Waals surface area contributed by atoms with E-state index in [1.807, 2.05) is 24.4 Å². The SMILES string of the molecule is CCN(C(=O)Cc1ccc(F)cc1F)c1nc(-c2ccncc2)cs1. The van der Waals surface area contributed by atoms with Crippen molar-refractivity contribution in [2.75, 3.05) is 11.4 Å². The molecule has 0 saturated carbocycles. The van der Waals surface area contributed by atoms with Crippen LogP contribution in [0.25, 0.3) is 11.3 Å². The van der Waals surface area contributed by atoms with E-state index in [0.717, 1.165) is 23.4 Å². The maximum Gasteiger partial charge on any atom is 0.233 e. The minimum Gasteiger partial charge on any atom is -0.288 e. The maximum atomic E-state index is 13.8. The quantitative estimate of drug-likeness (QED) is 0.690. The van der Waals surface area contributed by atoms with Gasteiger partial charge in [-0.25, -0.2) is 13.8 Å². The van der Waals surface area contributed by atoms with Crippen molar-refractivity contribution in [3.05, 3.63) is 65.3 Å². The Balaban J connectivity index is 1.80. The lowest BCUT2D eigenvalue weighted by atomic mass is 10.1. The van der Waals surface area contributed by atoms with Gasteiger partial charge < -0.3 is 0 Å². The highest BCUT2D eigenvalue weighted by Gasteiger charge is 2.19. The molecule has 1 aromatic carbocycles. The van der Waals surface area contributed by atoms with E-state index >= 15 is 0 Å². The fraction of sp³-hybridized carbons (Fsp3) is 0.167. The van der Waals surface area contributed by atoms with Crippen LogP contribution in [0.5, 0.6) is 0 Å². The van der Waals surface area contributed by atoms with Gasteiger partial charge in [0.1, 0.15) is 11.6 Å². The van der Waals surface area contributed by atoms with Crippen LogP contribution in [0.1, 0.15) is 12.5 Å². The number of nitrogens with zero attached hydrogens (tertiary/aromatic N) is 3. The van der Waals surface area contributed by atoms with Crippen LogP contribution in [0.3, 0.4) is 0 Å². The number of halogens is 2. The van der Waals surface area contributed by atoms with Crippen molar-refractivity contribution in [3.8, 4) is 11.3 Å². The lowest BCUT2D eigenvalue weighted by Gasteiger charge is -2.18. The monoisotopic (exact) mass is 359 g/mol. The molecule has 0 unspecified atom stereocenters. The molecule has 0 aliphatic carbocycles. The van der Waals surface area contributed by atoms with Gasteiger partial charge in [0.25, 0.3) is 0 Å². The highest BCUT2D eigenvalue weighted by Crippen LogP contribution is 2.27. The predicted molar refractivity (Wildman–Crippen MR) is 93.4 cm³/mol. The Kier molecular flexibility index (Phi) is 5.14. The summed E-state index contributed by atoms with van der Waals surface area (Å²) >= 11 is 1.34. The molecule has 0 N–H and O–H groups in total. The number of anilines is 1. The second-order valence-corrected chi connectivity index (χ2v) is 6.14. The first kappa shape index (κ1) is 17.2. The second-order valence-electron chi connectivity index (χ2n) is 5.30. The number of benzene rings is 1. The van der Waals surface area contributed by atoms with E-state index in [2.05, 4.69) is 9.97 Å². The topological polar surface area (TPSA) is 46.1 Å². The number of amides is 1. The normalized spacial score (nSPS) is 10.7. The van der Waals surface area contributed by atoms with Gasteiger partial charge in [-0.3, -0.25) is 14.7 Å². The van der Waals surface area contributed by atoms with Gasteiger partial charge in [0.2, 0.25) is 5.91 Å². The molecule has 7 heteroatoms. The molecule has 0 bridgehead atoms. The molecule has 25 heavy (non-hydrogen) atoms. The number of likely N-dealkylation sites (N-methyl/N-ethyl adjacent to an activating group) is 1. The Morgan fingerprint density at radius 3 is 2.64 bits per heavy atom. The zero-order valence-corrected chi connectivity index (χ0v) is 14.3. The number of aromatic nitrogens is 2. The van der Waals surface area contributed by atoms with Crippen LogP contribution < -0.4 is 4.90 Å². The van der Waals surface area contributed by atoms with Crippen LogP contribution in [-0.4, -0.2) is 22.4 Å². The summed E-state index contributed by atoms with van der Waals surface area (Å²) in [6, 6.07) is 6.90. The summed E-state index contributed by atoms with van der Waals surface area (Å²) in [6.07, 6.45) is 3.20. The van der Waals surface area contributed by atoms with Gasteiger partial charge >= 0.3 is 0 Å². The van der Waals surface area contributed by atoms with Crippen LogP contribution in [0.2, 0.25) is 0 Å². The van der Waals surface area contributed by atoms with E-state index in [1.165, 1.54) is 22.3 Å². The number of hydrogen-bond acceptors (Lipinski definition) is 4. The third-order valence-electron chi connectivity index (χ3n) is 3.67. The first-order chi connectivity index (χ1) is 12.1. The van der Waals surface area contributed by atoms with Gasteiger partial charge in [-0.1, -0.05) is 6.07 Å². The third kappa shape index (κ3) is 3.88. The van der Waals surface area contributed by atoms with Crippen LogP contribution in [0.15, 0.2) is 48.1 Å². The van der Waals surface area contributed by atoms with Crippen molar-refractivity contribution >= 4 is 22.4 Å². The van der Waals surface area contributed by atoms with Crippen molar-refractivity contribution in [1.29, 1.82) is 0 Å². The Hall–Kier alpha value is -2.67. The lowest BCUT2D eigenvalue weighted by Crippen LogP contribution is -2.32. The van der Waals surface area contributed by atoms with Crippen molar-refractivity contribution in [2.24, 2.45) is 0 Å². The van der Waals surface area contributed by atoms with Crippen LogP contribution in [-0.2, 0) is 11.2 Å². The minimum atomic E-state index is -0.721. The third-order valence-corrected chi connectivity index (χ3v) is 4.54. The lowest BCUT2D eigenvalue weighted by molar-refractivity contribution is -0.118. The molecule has 0 fully saturated rings. The molecule has 0 aliphatic heterocycles. The Morgan fingerprint density at radius 2 is 1.96 bits per heavy atom. The first-order valence-electron chi connectivity index (χ1n) is 7.68. The summed E-state index contributed by atoms with van der Waals surface area (Å²) in [6.45, 7) is 2.23. The predicted octanol–water partition coefficient (Wildman–Crippen LogP) is 4.08. The maximum absolute atomic E-state index is 13.8. The summed E-state index contributed by atoms with van der Waals surface area (Å²) in [5, 5.41) is 2.40. The number of hydrogen-bond donors (Lipinski definition) is 0. The van der Waals surface area contributed by atoms with E-state index in [4.69, 9.17) is 0 Å². The molecule has 4 nitrogen and oxygen atoms in total. The molecule has 0 spiro atoms. The van der Waals surface area contributed by atoms with Crippen molar-refractivity contribution in [3.63, 3.8) is 0 Å². The number of carbonyl (C=O) groups excluding carboxylic acids is 1. The fourth-order valence-electron chi connectivity index (χ4n) is 2.39. The second kappa shape index (κ2) is 7.48. The van der Waals surface area contributed by atoms with Crippen LogP contribution >= 0.6 is 11.3 Å². The molecule has 0 atom stereocenters. The van der Waals surface area contributed by atoms with Gasteiger partial charge in [0.05, 0.1) is 12.1 Å². The molecule has 128 valence electrons. The van der Waals surface area contributed by atoms with E-state index in [-0.39, 0.29) is 17.9 Å². The summed E-state index contributed by atoms with van der Waals surface area (Å²) in [5.74, 6) is -1.67. The molecule has 2 aromatic heterocycles. The van der Waals surface area contributed by atoms with E-state index in [0.29, 0.717) is 11.7 Å². The van der Waals surface area contributed by atoms with E-state index in [1.54, 1.807) is 12.4 Å². The number of carbonyl (C=O) groups is 1. The standard InChI is InChI=1S/C18H15F2N3OS/c1-2-23(17(24)9-13-3-4-14(19)10-15(13)20)18-22-16(11-25-18)12-5-7-21-8-6-12/h3-8,10-11H,2,9H2,1H3. The van der Waals surface area contributed by atoms with E-state index in [9.17, 15) is 13.6 Å². The summed E-state index contributed by atoms with van der Waals surface area (Å²) in [7, 11) is 0. The van der Waals surface area contributed by atoms with Gasteiger partial charge in [-0.15, -0.1) is 11.3 Å². The van der Waals surface area contributed by atoms with Crippen molar-refractivity contribution in [1.82, 2.24) is 9.97 Å². The number of thiazole rings is 1. The molecule has 1 amide bonds. The van der Waals surface area contributed by atoms with Gasteiger partial charge in [0, 0.05) is 35.9 Å². The van der Waals surface area contributed by atoms with Gasteiger partial charge in [-0.05, 0) is 30.7 Å². The molecule has 0 saturated heterocycles. The fourth-order valence-corrected chi connectivity index (χ4v) is 3.30. The Labute approximate surface area is 147 Å². The van der Waals surface area contributed by atoms with Crippen molar-refractivity contribution in [2.45, 2.75) is 13.3 Å². The smallest absolute Gasteiger partial charge is 0.233 e. The molecular weight excluding hydrogens is 344 g/mol. The van der Waals surface area contributed by atoms with Crippen LogP contribution in [0, 0.1) is 11.6 Å². The summed E-state index contributed by atoms with van der Waals surface area (Å²) in [4.78, 5) is 22.5. The largest absolute Gasteiger partial charge is 0.288 e. The van der Waals surface area contributed by atoms with Crippen LogP contribution in [0.4, 0.5) is 13.9 Å². The molecular formula is C18H15F2N3OS. The zero-order chi connectivity index (χ0) is 17.8. The Bertz CT molecular complexity index is 883. The average Bonchev–Trinajstić information content (AvgIpc) is 3.08. The first-order valence-corrected chi connectivity index (χ1v) is 8.56. The van der Waals surface area contributed by atoms with Gasteiger partial charge in [-0.2, -0.15) is 0 Å². The molecule has 0 radical (unpaired) electrons. The zero-order valence-electron chi connectivity index (χ0n) is 13.4. The molecule has 2 heterocycles. The molecule has 0 aliphatic rings. The van der Waals surface area contributed by atoms with E-state index < -0.39 is 11.6 Å². The van der Waals surface area contributed by atoms with Gasteiger partial charge in [0.15, 0.2) is 5.13 Å². The Morgan fingerprint density at radius 1 is 1.20 bits per heavy atom. The highest BCUT2D eigenvalue weighted by molar-refractivity contribution is 7.14. The summed E-state index contributed by atoms with van der Waals surface area (Å²) < 4.78 is 26.8.